The van der Waals surface area contributed by atoms with Crippen LogP contribution in [0.15, 0.2) is 12.7 Å². The Hall–Kier alpha value is -0.830. The molecule has 0 bridgehead atoms. The highest BCUT2D eigenvalue weighted by molar-refractivity contribution is 5.80. The zero-order valence-corrected chi connectivity index (χ0v) is 6.84. The molecular formula is C8H15NO2. The van der Waals surface area contributed by atoms with Crippen LogP contribution in [0.3, 0.4) is 0 Å². The van der Waals surface area contributed by atoms with E-state index in [1.165, 1.54) is 6.08 Å². The van der Waals surface area contributed by atoms with E-state index < -0.39 is 6.10 Å². The molecule has 1 atom stereocenters. The standard InChI is InChI=1S/C8H15NO2/c1-3-5-7(10)8(11)9-6-4-2/h3,7,10H,1,4-6H2,2H3,(H,9,11). The van der Waals surface area contributed by atoms with Gasteiger partial charge in [0.15, 0.2) is 0 Å². The van der Waals surface area contributed by atoms with Crippen LogP contribution in [0.5, 0.6) is 0 Å². The number of amides is 1. The van der Waals surface area contributed by atoms with Gasteiger partial charge < -0.3 is 10.4 Å². The quantitative estimate of drug-likeness (QED) is 0.569. The van der Waals surface area contributed by atoms with E-state index >= 15 is 0 Å². The molecule has 0 aliphatic heterocycles. The van der Waals surface area contributed by atoms with E-state index in [9.17, 15) is 4.79 Å². The predicted molar refractivity (Wildman–Crippen MR) is 44.1 cm³/mol. The van der Waals surface area contributed by atoms with E-state index in [1.807, 2.05) is 6.92 Å². The van der Waals surface area contributed by atoms with Crippen LogP contribution in [-0.2, 0) is 4.79 Å². The lowest BCUT2D eigenvalue weighted by atomic mass is 10.2. The topological polar surface area (TPSA) is 49.3 Å². The summed E-state index contributed by atoms with van der Waals surface area (Å²) in [5.41, 5.74) is 0. The normalized spacial score (nSPS) is 12.2. The minimum Gasteiger partial charge on any atom is -0.383 e. The minimum absolute atomic E-state index is 0.313. The lowest BCUT2D eigenvalue weighted by Crippen LogP contribution is -2.34. The fourth-order valence-electron chi connectivity index (χ4n) is 0.631. The molecule has 0 aliphatic rings. The highest BCUT2D eigenvalue weighted by atomic mass is 16.3. The van der Waals surface area contributed by atoms with Crippen LogP contribution in [0.4, 0.5) is 0 Å². The highest BCUT2D eigenvalue weighted by Crippen LogP contribution is 1.91. The summed E-state index contributed by atoms with van der Waals surface area (Å²) in [5, 5.41) is 11.6. The lowest BCUT2D eigenvalue weighted by molar-refractivity contribution is -0.129. The lowest BCUT2D eigenvalue weighted by Gasteiger charge is -2.07. The van der Waals surface area contributed by atoms with Crippen LogP contribution in [0.25, 0.3) is 0 Å². The fourth-order valence-corrected chi connectivity index (χ4v) is 0.631. The molecule has 0 radical (unpaired) electrons. The van der Waals surface area contributed by atoms with Gasteiger partial charge in [0.1, 0.15) is 6.10 Å². The number of hydrogen-bond donors (Lipinski definition) is 2. The molecule has 3 nitrogen and oxygen atoms in total. The first-order chi connectivity index (χ1) is 5.22. The van der Waals surface area contributed by atoms with Crippen molar-refractivity contribution in [1.82, 2.24) is 5.32 Å². The molecular weight excluding hydrogens is 142 g/mol. The Kier molecular flexibility index (Phi) is 5.47. The molecule has 11 heavy (non-hydrogen) atoms. The van der Waals surface area contributed by atoms with E-state index in [2.05, 4.69) is 11.9 Å². The van der Waals surface area contributed by atoms with Gasteiger partial charge in [0.25, 0.3) is 0 Å². The first-order valence-electron chi connectivity index (χ1n) is 3.79. The number of carbonyl (C=O) groups is 1. The van der Waals surface area contributed by atoms with Gasteiger partial charge in [0, 0.05) is 13.0 Å². The van der Waals surface area contributed by atoms with Gasteiger partial charge in [0.05, 0.1) is 0 Å². The number of carbonyl (C=O) groups excluding carboxylic acids is 1. The number of aliphatic hydroxyl groups excluding tert-OH is 1. The Balaban J connectivity index is 3.54. The Morgan fingerprint density at radius 1 is 1.82 bits per heavy atom. The maximum absolute atomic E-state index is 10.9. The number of aliphatic hydroxyl groups is 1. The molecule has 0 rings (SSSR count). The van der Waals surface area contributed by atoms with E-state index in [1.54, 1.807) is 0 Å². The van der Waals surface area contributed by atoms with Crippen LogP contribution < -0.4 is 5.32 Å². The van der Waals surface area contributed by atoms with E-state index in [-0.39, 0.29) is 5.91 Å². The Bertz CT molecular complexity index is 134. The molecule has 0 saturated carbocycles. The number of nitrogens with one attached hydrogen (secondary N) is 1. The fraction of sp³-hybridized carbons (Fsp3) is 0.625. The van der Waals surface area contributed by atoms with Gasteiger partial charge in [-0.2, -0.15) is 0 Å². The summed E-state index contributed by atoms with van der Waals surface area (Å²) in [6.45, 7) is 6.00. The van der Waals surface area contributed by atoms with Crippen molar-refractivity contribution in [3.05, 3.63) is 12.7 Å². The molecule has 0 aromatic rings. The maximum Gasteiger partial charge on any atom is 0.249 e. The third-order valence-electron chi connectivity index (χ3n) is 1.24. The Labute approximate surface area is 67.1 Å². The molecule has 0 heterocycles. The van der Waals surface area contributed by atoms with Crippen molar-refractivity contribution in [2.45, 2.75) is 25.9 Å². The molecule has 0 spiro atoms. The monoisotopic (exact) mass is 157 g/mol. The number of rotatable bonds is 5. The molecule has 0 aromatic heterocycles. The highest BCUT2D eigenvalue weighted by Gasteiger charge is 2.10. The van der Waals surface area contributed by atoms with Gasteiger partial charge >= 0.3 is 0 Å². The summed E-state index contributed by atoms with van der Waals surface area (Å²) in [6.07, 6.45) is 1.79. The second-order valence-electron chi connectivity index (χ2n) is 2.33. The summed E-state index contributed by atoms with van der Waals surface area (Å²) in [7, 11) is 0. The summed E-state index contributed by atoms with van der Waals surface area (Å²) in [5.74, 6) is -0.313. The van der Waals surface area contributed by atoms with Gasteiger partial charge in [-0.25, -0.2) is 0 Å². The molecule has 2 N–H and O–H groups in total. The van der Waals surface area contributed by atoms with Gasteiger partial charge in [-0.05, 0) is 6.42 Å². The van der Waals surface area contributed by atoms with E-state index in [0.717, 1.165) is 6.42 Å². The molecule has 0 fully saturated rings. The molecule has 1 amide bonds. The van der Waals surface area contributed by atoms with Crippen molar-refractivity contribution >= 4 is 5.91 Å². The zero-order chi connectivity index (χ0) is 8.69. The van der Waals surface area contributed by atoms with Crippen molar-refractivity contribution in [1.29, 1.82) is 0 Å². The zero-order valence-electron chi connectivity index (χ0n) is 6.84. The van der Waals surface area contributed by atoms with Crippen LogP contribution in [0, 0.1) is 0 Å². The van der Waals surface area contributed by atoms with Crippen LogP contribution in [0.1, 0.15) is 19.8 Å². The third-order valence-corrected chi connectivity index (χ3v) is 1.24. The van der Waals surface area contributed by atoms with Crippen molar-refractivity contribution in [2.24, 2.45) is 0 Å². The first kappa shape index (κ1) is 10.2. The summed E-state index contributed by atoms with van der Waals surface area (Å²) < 4.78 is 0. The smallest absolute Gasteiger partial charge is 0.249 e. The van der Waals surface area contributed by atoms with Crippen molar-refractivity contribution < 1.29 is 9.90 Å². The molecule has 1 unspecified atom stereocenters. The molecule has 3 heteroatoms. The van der Waals surface area contributed by atoms with Crippen molar-refractivity contribution in [2.75, 3.05) is 6.54 Å². The molecule has 64 valence electrons. The summed E-state index contributed by atoms with van der Waals surface area (Å²) in [6, 6.07) is 0. The van der Waals surface area contributed by atoms with Gasteiger partial charge in [0.2, 0.25) is 5.91 Å². The maximum atomic E-state index is 10.9. The third kappa shape index (κ3) is 4.56. The summed E-state index contributed by atoms with van der Waals surface area (Å²) >= 11 is 0. The first-order valence-corrected chi connectivity index (χ1v) is 3.79. The van der Waals surface area contributed by atoms with E-state index in [4.69, 9.17) is 5.11 Å². The largest absolute Gasteiger partial charge is 0.383 e. The second-order valence-corrected chi connectivity index (χ2v) is 2.33. The van der Waals surface area contributed by atoms with Crippen molar-refractivity contribution in [3.63, 3.8) is 0 Å². The van der Waals surface area contributed by atoms with Gasteiger partial charge in [-0.1, -0.05) is 13.0 Å². The second kappa shape index (κ2) is 5.92. The van der Waals surface area contributed by atoms with Crippen molar-refractivity contribution in [3.8, 4) is 0 Å². The van der Waals surface area contributed by atoms with Gasteiger partial charge in [-0.15, -0.1) is 6.58 Å². The van der Waals surface area contributed by atoms with Crippen LogP contribution in [-0.4, -0.2) is 23.7 Å². The SMILES string of the molecule is C=CCC(O)C(=O)NCCC. The Morgan fingerprint density at radius 2 is 2.45 bits per heavy atom. The average molecular weight is 157 g/mol. The van der Waals surface area contributed by atoms with E-state index in [0.29, 0.717) is 13.0 Å². The van der Waals surface area contributed by atoms with Crippen LogP contribution in [0.2, 0.25) is 0 Å². The van der Waals surface area contributed by atoms with Crippen LogP contribution >= 0.6 is 0 Å². The molecule has 0 saturated heterocycles. The number of hydrogen-bond acceptors (Lipinski definition) is 2. The molecule has 0 aliphatic carbocycles. The minimum atomic E-state index is -0.931. The summed E-state index contributed by atoms with van der Waals surface area (Å²) in [4.78, 5) is 10.9. The molecule has 0 aromatic carbocycles. The predicted octanol–water partition coefficient (Wildman–Crippen LogP) is 0.450. The van der Waals surface area contributed by atoms with Gasteiger partial charge in [-0.3, -0.25) is 4.79 Å². The Morgan fingerprint density at radius 3 is 2.91 bits per heavy atom. The average Bonchev–Trinajstić information content (AvgIpc) is 2.00.